The zero-order valence-electron chi connectivity index (χ0n) is 22.4. The molecule has 10 atom stereocenters. The molecule has 2 rings (SSSR count). The molecule has 222 valence electrons. The van der Waals surface area contributed by atoms with Crippen molar-refractivity contribution in [2.24, 2.45) is 0 Å². The smallest absolute Gasteiger partial charge is 0.303 e. The summed E-state index contributed by atoms with van der Waals surface area (Å²) in [4.78, 5) is 47.5. The molecule has 39 heavy (non-hydrogen) atoms. The van der Waals surface area contributed by atoms with Crippen LogP contribution in [0.25, 0.3) is 0 Å². The fourth-order valence-electron chi connectivity index (χ4n) is 4.20. The summed E-state index contributed by atoms with van der Waals surface area (Å²) in [5.74, 6) is -3.13. The number of hydrogen-bond acceptors (Lipinski definition) is 15. The fourth-order valence-corrected chi connectivity index (χ4v) is 4.20. The van der Waals surface area contributed by atoms with Crippen LogP contribution in [-0.4, -0.2) is 122 Å². The van der Waals surface area contributed by atoms with Gasteiger partial charge in [0, 0.05) is 34.8 Å². The molecule has 2 heterocycles. The lowest BCUT2D eigenvalue weighted by Crippen LogP contribution is -2.66. The number of rotatable bonds is 12. The third kappa shape index (κ3) is 8.93. The molecule has 0 amide bonds. The van der Waals surface area contributed by atoms with Gasteiger partial charge in [-0.2, -0.15) is 0 Å². The molecule has 15 nitrogen and oxygen atoms in total. The zero-order chi connectivity index (χ0) is 29.3. The van der Waals surface area contributed by atoms with Gasteiger partial charge in [0.1, 0.15) is 37.1 Å². The molecular formula is C24H36O15. The molecule has 0 unspecified atom stereocenters. The second-order valence-corrected chi connectivity index (χ2v) is 8.71. The Morgan fingerprint density at radius 2 is 1.36 bits per heavy atom. The summed E-state index contributed by atoms with van der Waals surface area (Å²) in [7, 11) is 1.31. The molecule has 2 N–H and O–H groups in total. The average molecular weight is 565 g/mol. The highest BCUT2D eigenvalue weighted by molar-refractivity contribution is 5.68. The van der Waals surface area contributed by atoms with Crippen molar-refractivity contribution < 1.29 is 72.0 Å². The van der Waals surface area contributed by atoms with Crippen molar-refractivity contribution in [3.05, 3.63) is 12.7 Å². The van der Waals surface area contributed by atoms with Crippen LogP contribution in [0.2, 0.25) is 0 Å². The molecule has 2 aliphatic rings. The number of carbonyl (C=O) groups is 4. The first-order valence-corrected chi connectivity index (χ1v) is 12.1. The van der Waals surface area contributed by atoms with Crippen LogP contribution in [0.3, 0.4) is 0 Å². The van der Waals surface area contributed by atoms with Gasteiger partial charge < -0.3 is 52.8 Å². The zero-order valence-corrected chi connectivity index (χ0v) is 22.4. The SMILES string of the molecule is C=CCO[C@@H]1[C@@H](OC)O[C@@H](CO)[C@H](O)[C@H]1O[C@@H]1O[C@H](COC(C)=O)[C@H](OC(C)=O)[C@@H](OC(C)=O)[C@@H]1OC(C)=O. The maximum atomic E-state index is 12.1. The molecule has 2 aliphatic heterocycles. The van der Waals surface area contributed by atoms with Crippen molar-refractivity contribution in [1.82, 2.24) is 0 Å². The second kappa shape index (κ2) is 15.2. The topological polar surface area (TPSA) is 192 Å². The minimum absolute atomic E-state index is 0.0111. The van der Waals surface area contributed by atoms with Crippen molar-refractivity contribution in [1.29, 1.82) is 0 Å². The van der Waals surface area contributed by atoms with Crippen molar-refractivity contribution in [2.45, 2.75) is 89.1 Å². The molecular weight excluding hydrogens is 528 g/mol. The van der Waals surface area contributed by atoms with Crippen LogP contribution in [0.4, 0.5) is 0 Å². The Morgan fingerprint density at radius 3 is 1.87 bits per heavy atom. The van der Waals surface area contributed by atoms with Crippen LogP contribution in [-0.2, 0) is 61.8 Å². The lowest BCUT2D eigenvalue weighted by molar-refractivity contribution is -0.362. The van der Waals surface area contributed by atoms with Gasteiger partial charge in [-0.3, -0.25) is 19.2 Å². The van der Waals surface area contributed by atoms with Crippen LogP contribution in [0.5, 0.6) is 0 Å². The van der Waals surface area contributed by atoms with E-state index in [4.69, 9.17) is 42.6 Å². The van der Waals surface area contributed by atoms with E-state index in [0.717, 1.165) is 27.7 Å². The van der Waals surface area contributed by atoms with Gasteiger partial charge in [-0.1, -0.05) is 6.08 Å². The largest absolute Gasteiger partial charge is 0.463 e. The van der Waals surface area contributed by atoms with Gasteiger partial charge in [-0.25, -0.2) is 0 Å². The Hall–Kier alpha value is -2.66. The fraction of sp³-hybridized carbons (Fsp3) is 0.750. The summed E-state index contributed by atoms with van der Waals surface area (Å²) in [5.41, 5.74) is 0. The molecule has 15 heteroatoms. The molecule has 0 aromatic rings. The summed E-state index contributed by atoms with van der Waals surface area (Å²) >= 11 is 0. The van der Waals surface area contributed by atoms with E-state index in [9.17, 15) is 29.4 Å². The van der Waals surface area contributed by atoms with E-state index in [0.29, 0.717) is 0 Å². The molecule has 2 saturated heterocycles. The highest BCUT2D eigenvalue weighted by Gasteiger charge is 2.56. The molecule has 0 radical (unpaired) electrons. The van der Waals surface area contributed by atoms with E-state index in [-0.39, 0.29) is 6.61 Å². The summed E-state index contributed by atoms with van der Waals surface area (Å²) in [6.45, 7) is 6.88. The lowest BCUT2D eigenvalue weighted by atomic mass is 9.96. The first-order valence-electron chi connectivity index (χ1n) is 12.1. The van der Waals surface area contributed by atoms with Crippen LogP contribution < -0.4 is 0 Å². The maximum absolute atomic E-state index is 12.1. The summed E-state index contributed by atoms with van der Waals surface area (Å²) in [5, 5.41) is 20.7. The van der Waals surface area contributed by atoms with Crippen LogP contribution in [0.1, 0.15) is 27.7 Å². The monoisotopic (exact) mass is 564 g/mol. The average Bonchev–Trinajstić information content (AvgIpc) is 2.85. The molecule has 2 fully saturated rings. The predicted octanol–water partition coefficient (Wildman–Crippen LogP) is -1.25. The van der Waals surface area contributed by atoms with Gasteiger partial charge in [0.2, 0.25) is 0 Å². The second-order valence-electron chi connectivity index (χ2n) is 8.71. The number of esters is 4. The van der Waals surface area contributed by atoms with E-state index < -0.39 is 98.5 Å². The summed E-state index contributed by atoms with van der Waals surface area (Å²) in [6.07, 6.45) is -12.1. The number of carbonyl (C=O) groups excluding carboxylic acids is 4. The molecule has 0 bridgehead atoms. The van der Waals surface area contributed by atoms with Crippen molar-refractivity contribution in [2.75, 3.05) is 26.9 Å². The van der Waals surface area contributed by atoms with Crippen LogP contribution in [0, 0.1) is 0 Å². The van der Waals surface area contributed by atoms with Gasteiger partial charge in [0.15, 0.2) is 30.9 Å². The Bertz CT molecular complexity index is 862. The highest BCUT2D eigenvalue weighted by Crippen LogP contribution is 2.34. The summed E-state index contributed by atoms with van der Waals surface area (Å²) < 4.78 is 49.8. The third-order valence-electron chi connectivity index (χ3n) is 5.68. The number of hydrogen-bond donors (Lipinski definition) is 2. The van der Waals surface area contributed by atoms with Gasteiger partial charge in [0.05, 0.1) is 13.2 Å². The van der Waals surface area contributed by atoms with E-state index in [1.165, 1.54) is 13.2 Å². The van der Waals surface area contributed by atoms with Crippen molar-refractivity contribution in [3.63, 3.8) is 0 Å². The first-order chi connectivity index (χ1) is 18.4. The highest BCUT2D eigenvalue weighted by atomic mass is 16.8. The standard InChI is InChI=1S/C24H36O15/c1-7-8-32-21-19(17(30)15(9-25)37-23(21)31-6)39-24-22(36-14(5)29)20(35-13(4)28)18(34-12(3)27)16(38-24)10-33-11(2)26/h7,15-25,30H,1,8-10H2,2-6H3/t15-,16+,17-,18-,19+,20+,21-,22-,23-,24-/m0/s1. The Balaban J connectivity index is 2.54. The number of ether oxygens (including phenoxy) is 9. The van der Waals surface area contributed by atoms with E-state index in [2.05, 4.69) is 6.58 Å². The number of aliphatic hydroxyl groups is 2. The van der Waals surface area contributed by atoms with Gasteiger partial charge >= 0.3 is 23.9 Å². The first kappa shape index (κ1) is 32.6. The van der Waals surface area contributed by atoms with Crippen molar-refractivity contribution >= 4 is 23.9 Å². The Kier molecular flexibility index (Phi) is 12.7. The number of methoxy groups -OCH3 is 1. The molecule has 0 aromatic carbocycles. The predicted molar refractivity (Wildman–Crippen MR) is 126 cm³/mol. The molecule has 0 aliphatic carbocycles. The van der Waals surface area contributed by atoms with Crippen LogP contribution in [0.15, 0.2) is 12.7 Å². The van der Waals surface area contributed by atoms with E-state index in [1.807, 2.05) is 0 Å². The van der Waals surface area contributed by atoms with E-state index in [1.54, 1.807) is 0 Å². The van der Waals surface area contributed by atoms with Gasteiger partial charge in [-0.05, 0) is 0 Å². The molecule has 0 spiro atoms. The van der Waals surface area contributed by atoms with Crippen LogP contribution >= 0.6 is 0 Å². The van der Waals surface area contributed by atoms with Crippen molar-refractivity contribution in [3.8, 4) is 0 Å². The lowest BCUT2D eigenvalue weighted by Gasteiger charge is -2.48. The minimum atomic E-state index is -1.60. The summed E-state index contributed by atoms with van der Waals surface area (Å²) in [6, 6.07) is 0. The molecule has 0 saturated carbocycles. The maximum Gasteiger partial charge on any atom is 0.303 e. The van der Waals surface area contributed by atoms with Gasteiger partial charge in [0.25, 0.3) is 0 Å². The minimum Gasteiger partial charge on any atom is -0.463 e. The Labute approximate surface area is 225 Å². The quantitative estimate of drug-likeness (QED) is 0.162. The molecule has 0 aromatic heterocycles. The van der Waals surface area contributed by atoms with Gasteiger partial charge in [-0.15, -0.1) is 6.58 Å². The van der Waals surface area contributed by atoms with E-state index >= 15 is 0 Å². The third-order valence-corrected chi connectivity index (χ3v) is 5.68. The normalized spacial score (nSPS) is 34.4. The number of aliphatic hydroxyl groups excluding tert-OH is 2. The Morgan fingerprint density at radius 1 is 0.795 bits per heavy atom.